The van der Waals surface area contributed by atoms with Gasteiger partial charge in [0, 0.05) is 23.9 Å². The summed E-state index contributed by atoms with van der Waals surface area (Å²) in [5.41, 5.74) is 2.97. The number of halogens is 1. The Labute approximate surface area is 165 Å². The Hall–Kier alpha value is -2.04. The van der Waals surface area contributed by atoms with Crippen LogP contribution in [0.5, 0.6) is 5.75 Å². The number of benzene rings is 2. The van der Waals surface area contributed by atoms with E-state index in [1.165, 1.54) is 0 Å². The third kappa shape index (κ3) is 3.97. The Morgan fingerprint density at radius 2 is 1.81 bits per heavy atom. The van der Waals surface area contributed by atoms with Crippen LogP contribution in [0.1, 0.15) is 36.5 Å². The zero-order valence-electron chi connectivity index (χ0n) is 16.1. The van der Waals surface area contributed by atoms with Crippen LogP contribution in [0, 0.1) is 13.8 Å². The van der Waals surface area contributed by atoms with Gasteiger partial charge in [-0.3, -0.25) is 4.79 Å². The zero-order chi connectivity index (χ0) is 19.4. The van der Waals surface area contributed by atoms with Crippen molar-refractivity contribution in [3.8, 4) is 5.75 Å². The maximum atomic E-state index is 13.4. The van der Waals surface area contributed by atoms with E-state index in [1.54, 1.807) is 0 Å². The number of amides is 1. The van der Waals surface area contributed by atoms with E-state index in [1.807, 2.05) is 57.2 Å². The average molecular weight is 388 g/mol. The Balaban J connectivity index is 1.93. The number of rotatable bonds is 5. The van der Waals surface area contributed by atoms with Crippen LogP contribution in [-0.2, 0) is 14.9 Å². The lowest BCUT2D eigenvalue weighted by molar-refractivity contribution is -0.125. The van der Waals surface area contributed by atoms with Crippen LogP contribution in [0.2, 0.25) is 5.02 Å². The monoisotopic (exact) mass is 387 g/mol. The van der Waals surface area contributed by atoms with Crippen molar-refractivity contribution in [1.82, 2.24) is 0 Å². The van der Waals surface area contributed by atoms with Gasteiger partial charge in [-0.2, -0.15) is 0 Å². The number of anilines is 1. The molecule has 5 heteroatoms. The molecule has 1 fully saturated rings. The summed E-state index contributed by atoms with van der Waals surface area (Å²) in [6.07, 6.45) is 1.22. The second-order valence-corrected chi connectivity index (χ2v) is 7.41. The van der Waals surface area contributed by atoms with Gasteiger partial charge in [0.05, 0.1) is 12.0 Å². The van der Waals surface area contributed by atoms with Gasteiger partial charge in [0.2, 0.25) is 5.91 Å². The van der Waals surface area contributed by atoms with Crippen LogP contribution >= 0.6 is 11.6 Å². The fourth-order valence-electron chi connectivity index (χ4n) is 3.83. The lowest BCUT2D eigenvalue weighted by Crippen LogP contribution is -2.45. The summed E-state index contributed by atoms with van der Waals surface area (Å²) in [6.45, 7) is 7.65. The fourth-order valence-corrected chi connectivity index (χ4v) is 4.15. The molecule has 4 nitrogen and oxygen atoms in total. The molecule has 144 valence electrons. The number of aryl methyl sites for hydroxylation is 2. The normalized spacial score (nSPS) is 16.0. The van der Waals surface area contributed by atoms with E-state index in [4.69, 9.17) is 21.1 Å². The van der Waals surface area contributed by atoms with E-state index >= 15 is 0 Å². The molecular weight excluding hydrogens is 362 g/mol. The van der Waals surface area contributed by atoms with Crippen LogP contribution in [0.25, 0.3) is 0 Å². The molecular formula is C22H26ClNO3. The molecule has 2 aromatic rings. The van der Waals surface area contributed by atoms with Crippen molar-refractivity contribution in [2.24, 2.45) is 0 Å². The van der Waals surface area contributed by atoms with Gasteiger partial charge in [-0.15, -0.1) is 0 Å². The molecule has 27 heavy (non-hydrogen) atoms. The minimum atomic E-state index is -0.684. The van der Waals surface area contributed by atoms with Gasteiger partial charge in [0.25, 0.3) is 0 Å². The van der Waals surface area contributed by atoms with E-state index in [9.17, 15) is 4.79 Å². The fraction of sp³-hybridized carbons (Fsp3) is 0.409. The molecule has 2 aromatic carbocycles. The van der Waals surface area contributed by atoms with Gasteiger partial charge in [0.1, 0.15) is 5.75 Å². The summed E-state index contributed by atoms with van der Waals surface area (Å²) < 4.78 is 11.2. The molecule has 0 saturated carbocycles. The summed E-state index contributed by atoms with van der Waals surface area (Å²) in [6, 6.07) is 11.5. The van der Waals surface area contributed by atoms with Crippen molar-refractivity contribution in [2.45, 2.75) is 39.0 Å². The molecule has 3 rings (SSSR count). The average Bonchev–Trinajstić information content (AvgIpc) is 2.65. The molecule has 1 amide bonds. The van der Waals surface area contributed by atoms with Gasteiger partial charge in [-0.25, -0.2) is 0 Å². The lowest BCUT2D eigenvalue weighted by atomic mass is 9.73. The number of nitrogens with one attached hydrogen (secondary N) is 1. The Morgan fingerprint density at radius 1 is 1.19 bits per heavy atom. The highest BCUT2D eigenvalue weighted by molar-refractivity contribution is 6.31. The largest absolute Gasteiger partial charge is 0.493 e. The Bertz CT molecular complexity index is 805. The highest BCUT2D eigenvalue weighted by Gasteiger charge is 2.43. The first-order valence-corrected chi connectivity index (χ1v) is 9.74. The lowest BCUT2D eigenvalue weighted by Gasteiger charge is -2.36. The minimum Gasteiger partial charge on any atom is -0.493 e. The first-order chi connectivity index (χ1) is 13.0. The summed E-state index contributed by atoms with van der Waals surface area (Å²) >= 11 is 6.46. The molecule has 0 aliphatic carbocycles. The Kier molecular flexibility index (Phi) is 6.08. The van der Waals surface area contributed by atoms with Crippen LogP contribution in [0.3, 0.4) is 0 Å². The molecule has 0 aromatic heterocycles. The van der Waals surface area contributed by atoms with Crippen molar-refractivity contribution < 1.29 is 14.3 Å². The molecule has 0 radical (unpaired) electrons. The SMILES string of the molecule is CCOc1c(C)cc(NC(=O)C2(c3ccccc3Cl)CCOCC2)cc1C. The number of hydrogen-bond acceptors (Lipinski definition) is 3. The second kappa shape index (κ2) is 8.32. The Morgan fingerprint density at radius 3 is 2.41 bits per heavy atom. The van der Waals surface area contributed by atoms with E-state index in [2.05, 4.69) is 5.32 Å². The first kappa shape index (κ1) is 19.7. The minimum absolute atomic E-state index is 0.0399. The molecule has 0 spiro atoms. The third-order valence-electron chi connectivity index (χ3n) is 5.18. The van der Waals surface area contributed by atoms with Crippen LogP contribution < -0.4 is 10.1 Å². The van der Waals surface area contributed by atoms with Crippen molar-refractivity contribution in [2.75, 3.05) is 25.1 Å². The molecule has 1 aliphatic heterocycles. The molecule has 1 N–H and O–H groups in total. The maximum absolute atomic E-state index is 13.4. The zero-order valence-corrected chi connectivity index (χ0v) is 16.9. The topological polar surface area (TPSA) is 47.6 Å². The summed E-state index contributed by atoms with van der Waals surface area (Å²) in [7, 11) is 0. The van der Waals surface area contributed by atoms with Crippen molar-refractivity contribution >= 4 is 23.2 Å². The summed E-state index contributed by atoms with van der Waals surface area (Å²) in [5, 5.41) is 3.74. The molecule has 1 heterocycles. The van der Waals surface area contributed by atoms with Crippen LogP contribution in [0.15, 0.2) is 36.4 Å². The van der Waals surface area contributed by atoms with Crippen molar-refractivity contribution in [3.63, 3.8) is 0 Å². The van der Waals surface area contributed by atoms with Crippen LogP contribution in [-0.4, -0.2) is 25.7 Å². The van der Waals surface area contributed by atoms with E-state index in [-0.39, 0.29) is 5.91 Å². The number of hydrogen-bond donors (Lipinski definition) is 1. The molecule has 0 bridgehead atoms. The number of carbonyl (C=O) groups is 1. The quantitative estimate of drug-likeness (QED) is 0.781. The maximum Gasteiger partial charge on any atom is 0.235 e. The van der Waals surface area contributed by atoms with Gasteiger partial charge < -0.3 is 14.8 Å². The predicted octanol–water partition coefficient (Wildman–Crippen LogP) is 5.04. The predicted molar refractivity (Wildman–Crippen MR) is 109 cm³/mol. The van der Waals surface area contributed by atoms with Gasteiger partial charge in [0.15, 0.2) is 0 Å². The molecule has 0 unspecified atom stereocenters. The first-order valence-electron chi connectivity index (χ1n) is 9.36. The highest BCUT2D eigenvalue weighted by atomic mass is 35.5. The number of carbonyl (C=O) groups excluding carboxylic acids is 1. The highest BCUT2D eigenvalue weighted by Crippen LogP contribution is 2.40. The number of ether oxygens (including phenoxy) is 2. The second-order valence-electron chi connectivity index (χ2n) is 7.00. The standard InChI is InChI=1S/C22H26ClNO3/c1-4-27-20-15(2)13-17(14-16(20)3)24-21(25)22(9-11-26-12-10-22)18-7-5-6-8-19(18)23/h5-8,13-14H,4,9-12H2,1-3H3,(H,24,25). The van der Waals surface area contributed by atoms with E-state index < -0.39 is 5.41 Å². The van der Waals surface area contributed by atoms with E-state index in [0.29, 0.717) is 37.7 Å². The summed E-state index contributed by atoms with van der Waals surface area (Å²) in [5.74, 6) is 0.837. The molecule has 1 aliphatic rings. The summed E-state index contributed by atoms with van der Waals surface area (Å²) in [4.78, 5) is 13.4. The van der Waals surface area contributed by atoms with Gasteiger partial charge >= 0.3 is 0 Å². The van der Waals surface area contributed by atoms with Crippen molar-refractivity contribution in [1.29, 1.82) is 0 Å². The van der Waals surface area contributed by atoms with Crippen LogP contribution in [0.4, 0.5) is 5.69 Å². The molecule has 1 saturated heterocycles. The van der Waals surface area contributed by atoms with E-state index in [0.717, 1.165) is 28.1 Å². The smallest absolute Gasteiger partial charge is 0.235 e. The van der Waals surface area contributed by atoms with Crippen molar-refractivity contribution in [3.05, 3.63) is 58.1 Å². The van der Waals surface area contributed by atoms with Gasteiger partial charge in [-0.1, -0.05) is 29.8 Å². The molecule has 0 atom stereocenters. The van der Waals surface area contributed by atoms with Gasteiger partial charge in [-0.05, 0) is 68.5 Å². The third-order valence-corrected chi connectivity index (χ3v) is 5.51.